The van der Waals surface area contributed by atoms with Crippen molar-refractivity contribution < 1.29 is 0 Å². The molecule has 1 heterocycles. The van der Waals surface area contributed by atoms with Crippen LogP contribution >= 0.6 is 34.5 Å². The Kier molecular flexibility index (Phi) is 3.32. The third kappa shape index (κ3) is 2.28. The van der Waals surface area contributed by atoms with E-state index in [0.29, 0.717) is 10.0 Å². The molecule has 1 unspecified atom stereocenters. The lowest BCUT2D eigenvalue weighted by Gasteiger charge is -2.15. The van der Waals surface area contributed by atoms with Crippen LogP contribution in [0.15, 0.2) is 18.2 Å². The Morgan fingerprint density at radius 3 is 2.61 bits per heavy atom. The van der Waals surface area contributed by atoms with Crippen LogP contribution in [0, 0.1) is 0 Å². The molecule has 1 aromatic heterocycles. The zero-order valence-corrected chi connectivity index (χ0v) is 11.9. The molecule has 0 radical (unpaired) electrons. The summed E-state index contributed by atoms with van der Waals surface area (Å²) in [5, 5.41) is 2.23. The van der Waals surface area contributed by atoms with Gasteiger partial charge in [-0.05, 0) is 37.5 Å². The molecule has 5 heteroatoms. The van der Waals surface area contributed by atoms with Gasteiger partial charge >= 0.3 is 0 Å². The molecule has 94 valence electrons. The molecule has 0 fully saturated rings. The van der Waals surface area contributed by atoms with Gasteiger partial charge in [0.1, 0.15) is 5.01 Å². The van der Waals surface area contributed by atoms with Gasteiger partial charge in [-0.15, -0.1) is 11.3 Å². The minimum atomic E-state index is 0.134. The number of rotatable bonds is 1. The summed E-state index contributed by atoms with van der Waals surface area (Å²) in [6.07, 6.45) is 3.19. The van der Waals surface area contributed by atoms with E-state index in [1.54, 1.807) is 17.4 Å². The summed E-state index contributed by atoms with van der Waals surface area (Å²) >= 11 is 13.7. The van der Waals surface area contributed by atoms with Gasteiger partial charge in [-0.1, -0.05) is 23.2 Å². The first-order chi connectivity index (χ1) is 8.63. The number of nitrogens with zero attached hydrogens (tertiary/aromatic N) is 1. The molecule has 0 saturated heterocycles. The lowest BCUT2D eigenvalue weighted by atomic mass is 9.99. The molecule has 0 saturated carbocycles. The summed E-state index contributed by atoms with van der Waals surface area (Å²) in [6.45, 7) is 0. The Morgan fingerprint density at radius 1 is 1.22 bits per heavy atom. The average molecular weight is 299 g/mol. The van der Waals surface area contributed by atoms with Crippen LogP contribution in [-0.4, -0.2) is 4.98 Å². The number of hydrogen-bond donors (Lipinski definition) is 1. The molecule has 0 bridgehead atoms. The molecule has 1 aromatic carbocycles. The van der Waals surface area contributed by atoms with Crippen molar-refractivity contribution in [1.82, 2.24) is 4.98 Å². The molecule has 2 nitrogen and oxygen atoms in total. The number of benzene rings is 1. The second kappa shape index (κ2) is 4.82. The number of nitrogens with two attached hydrogens (primary N) is 1. The predicted octanol–water partition coefficient (Wildman–Crippen LogP) is 4.45. The first-order valence-electron chi connectivity index (χ1n) is 5.85. The summed E-state index contributed by atoms with van der Waals surface area (Å²) in [6, 6.07) is 5.65. The van der Waals surface area contributed by atoms with Gasteiger partial charge in [-0.3, -0.25) is 0 Å². The zero-order valence-electron chi connectivity index (χ0n) is 9.62. The fraction of sp³-hybridized carbons (Fsp3) is 0.308. The molecule has 0 amide bonds. The molecule has 1 aliphatic carbocycles. The Bertz CT molecular complexity index is 574. The van der Waals surface area contributed by atoms with Crippen LogP contribution in [-0.2, 0) is 6.42 Å². The maximum absolute atomic E-state index is 6.12. The van der Waals surface area contributed by atoms with E-state index in [1.807, 2.05) is 12.1 Å². The van der Waals surface area contributed by atoms with Crippen molar-refractivity contribution in [2.75, 3.05) is 0 Å². The molecular formula is C13H12Cl2N2S. The highest BCUT2D eigenvalue weighted by Crippen LogP contribution is 2.38. The monoisotopic (exact) mass is 298 g/mol. The Labute approximate surface area is 120 Å². The second-order valence-corrected chi connectivity index (χ2v) is 6.39. The van der Waals surface area contributed by atoms with Crippen LogP contribution < -0.4 is 5.73 Å². The van der Waals surface area contributed by atoms with Gasteiger partial charge in [0, 0.05) is 26.5 Å². The van der Waals surface area contributed by atoms with Crippen LogP contribution in [0.25, 0.3) is 10.6 Å². The maximum Gasteiger partial charge on any atom is 0.124 e. The molecular weight excluding hydrogens is 287 g/mol. The first-order valence-corrected chi connectivity index (χ1v) is 7.42. The highest BCUT2D eigenvalue weighted by atomic mass is 35.5. The van der Waals surface area contributed by atoms with E-state index in [1.165, 1.54) is 4.88 Å². The lowest BCUT2D eigenvalue weighted by molar-refractivity contribution is 0.573. The molecule has 2 N–H and O–H groups in total. The van der Waals surface area contributed by atoms with E-state index < -0.39 is 0 Å². The lowest BCUT2D eigenvalue weighted by Crippen LogP contribution is -2.15. The Balaban J connectivity index is 2.07. The maximum atomic E-state index is 6.12. The van der Waals surface area contributed by atoms with Crippen LogP contribution in [0.4, 0.5) is 0 Å². The predicted molar refractivity (Wildman–Crippen MR) is 77.4 cm³/mol. The number of thiazole rings is 1. The van der Waals surface area contributed by atoms with Gasteiger partial charge in [0.15, 0.2) is 0 Å². The van der Waals surface area contributed by atoms with Crippen molar-refractivity contribution >= 4 is 34.5 Å². The minimum Gasteiger partial charge on any atom is -0.323 e. The molecule has 0 spiro atoms. The van der Waals surface area contributed by atoms with E-state index in [4.69, 9.17) is 28.9 Å². The third-order valence-electron chi connectivity index (χ3n) is 3.10. The van der Waals surface area contributed by atoms with Crippen molar-refractivity contribution in [3.05, 3.63) is 38.8 Å². The van der Waals surface area contributed by atoms with Gasteiger partial charge in [0.2, 0.25) is 0 Å². The van der Waals surface area contributed by atoms with Gasteiger partial charge in [0.05, 0.1) is 5.69 Å². The van der Waals surface area contributed by atoms with Crippen molar-refractivity contribution in [3.8, 4) is 10.6 Å². The minimum absolute atomic E-state index is 0.134. The highest BCUT2D eigenvalue weighted by Gasteiger charge is 2.22. The van der Waals surface area contributed by atoms with E-state index in [2.05, 4.69) is 4.98 Å². The second-order valence-electron chi connectivity index (χ2n) is 4.49. The number of aromatic nitrogens is 1. The molecule has 18 heavy (non-hydrogen) atoms. The van der Waals surface area contributed by atoms with E-state index in [0.717, 1.165) is 35.5 Å². The smallest absolute Gasteiger partial charge is 0.124 e. The summed E-state index contributed by atoms with van der Waals surface area (Å²) in [4.78, 5) is 5.89. The van der Waals surface area contributed by atoms with Crippen molar-refractivity contribution in [2.45, 2.75) is 25.3 Å². The molecule has 1 aliphatic rings. The average Bonchev–Trinajstić information content (AvgIpc) is 2.73. The Hall–Kier alpha value is -0.610. The van der Waals surface area contributed by atoms with Gasteiger partial charge in [-0.2, -0.15) is 0 Å². The Morgan fingerprint density at radius 2 is 1.94 bits per heavy atom. The van der Waals surface area contributed by atoms with E-state index >= 15 is 0 Å². The van der Waals surface area contributed by atoms with Crippen LogP contribution in [0.3, 0.4) is 0 Å². The van der Waals surface area contributed by atoms with Crippen LogP contribution in [0.5, 0.6) is 0 Å². The number of hydrogen-bond acceptors (Lipinski definition) is 3. The summed E-state index contributed by atoms with van der Waals surface area (Å²) < 4.78 is 0. The number of fused-ring (bicyclic) bond motifs is 1. The fourth-order valence-corrected chi connectivity index (χ4v) is 3.91. The molecule has 0 aliphatic heterocycles. The number of halogens is 2. The van der Waals surface area contributed by atoms with Gasteiger partial charge < -0.3 is 5.73 Å². The highest BCUT2D eigenvalue weighted by molar-refractivity contribution is 7.15. The third-order valence-corrected chi connectivity index (χ3v) is 4.82. The molecule has 3 rings (SSSR count). The normalized spacial score (nSPS) is 18.7. The van der Waals surface area contributed by atoms with E-state index in [-0.39, 0.29) is 6.04 Å². The van der Waals surface area contributed by atoms with Crippen molar-refractivity contribution in [3.63, 3.8) is 0 Å². The van der Waals surface area contributed by atoms with Crippen LogP contribution in [0.1, 0.15) is 29.5 Å². The molecule has 2 aromatic rings. The molecule has 1 atom stereocenters. The van der Waals surface area contributed by atoms with Gasteiger partial charge in [-0.25, -0.2) is 4.98 Å². The fourth-order valence-electron chi connectivity index (χ4n) is 2.25. The van der Waals surface area contributed by atoms with E-state index in [9.17, 15) is 0 Å². The van der Waals surface area contributed by atoms with Crippen molar-refractivity contribution in [1.29, 1.82) is 0 Å². The summed E-state index contributed by atoms with van der Waals surface area (Å²) in [5.74, 6) is 0. The quantitative estimate of drug-likeness (QED) is 0.844. The number of aryl methyl sites for hydroxylation is 1. The first kappa shape index (κ1) is 12.4. The zero-order chi connectivity index (χ0) is 12.7. The van der Waals surface area contributed by atoms with Crippen molar-refractivity contribution in [2.24, 2.45) is 5.73 Å². The van der Waals surface area contributed by atoms with Crippen LogP contribution in [0.2, 0.25) is 10.0 Å². The summed E-state index contributed by atoms with van der Waals surface area (Å²) in [7, 11) is 0. The van der Waals surface area contributed by atoms with Gasteiger partial charge in [0.25, 0.3) is 0 Å². The standard InChI is InChI=1S/C13H12Cl2N2S/c14-8-4-7(5-9(15)6-8)13-17-11-3-1-2-10(16)12(11)18-13/h4-6,10H,1-3,16H2. The largest absolute Gasteiger partial charge is 0.323 e. The SMILES string of the molecule is NC1CCCc2nc(-c3cc(Cl)cc(Cl)c3)sc21. The topological polar surface area (TPSA) is 38.9 Å². The summed E-state index contributed by atoms with van der Waals surface area (Å²) in [5.41, 5.74) is 8.23.